The number of hydrogen-bond acceptors (Lipinski definition) is 5. The Morgan fingerprint density at radius 3 is 2.46 bits per heavy atom. The van der Waals surface area contributed by atoms with Gasteiger partial charge in [-0.15, -0.1) is 0 Å². The molecule has 2 N–H and O–H groups in total. The van der Waals surface area contributed by atoms with Gasteiger partial charge in [-0.25, -0.2) is 9.97 Å². The maximum Gasteiger partial charge on any atom is 0.216 e. The third kappa shape index (κ3) is 5.18. The van der Waals surface area contributed by atoms with Gasteiger partial charge in [0, 0.05) is 44.7 Å². The molecule has 3 rings (SSSR count). The van der Waals surface area contributed by atoms with Gasteiger partial charge < -0.3 is 15.5 Å². The van der Waals surface area contributed by atoms with Gasteiger partial charge in [-0.05, 0) is 12.8 Å². The molecule has 6 nitrogen and oxygen atoms in total. The van der Waals surface area contributed by atoms with Crippen molar-refractivity contribution in [2.75, 3.05) is 36.4 Å². The van der Waals surface area contributed by atoms with Gasteiger partial charge in [0.15, 0.2) is 5.82 Å². The molecule has 1 aliphatic heterocycles. The van der Waals surface area contributed by atoms with Gasteiger partial charge in [-0.1, -0.05) is 43.2 Å². The number of benzene rings is 1. The quantitative estimate of drug-likeness (QED) is 0.781. The normalized spacial score (nSPS) is 14.6. The van der Waals surface area contributed by atoms with Gasteiger partial charge in [0.1, 0.15) is 11.6 Å². The van der Waals surface area contributed by atoms with Crippen LogP contribution in [0.4, 0.5) is 11.6 Å². The Hall–Kier alpha value is -2.63. The number of aromatic nitrogens is 2. The van der Waals surface area contributed by atoms with Crippen LogP contribution in [0.5, 0.6) is 0 Å². The average Bonchev–Trinajstić information content (AvgIpc) is 2.95. The minimum Gasteiger partial charge on any atom is -0.368 e. The summed E-state index contributed by atoms with van der Waals surface area (Å²) in [6.07, 6.45) is 4.98. The smallest absolute Gasteiger partial charge is 0.216 e. The van der Waals surface area contributed by atoms with Gasteiger partial charge >= 0.3 is 0 Å². The van der Waals surface area contributed by atoms with Crippen molar-refractivity contribution < 1.29 is 4.79 Å². The maximum atomic E-state index is 11.0. The first-order valence-corrected chi connectivity index (χ1v) is 9.40. The van der Waals surface area contributed by atoms with Crippen LogP contribution in [0.15, 0.2) is 36.4 Å². The summed E-state index contributed by atoms with van der Waals surface area (Å²) in [7, 11) is 0. The van der Waals surface area contributed by atoms with Crippen molar-refractivity contribution in [3.63, 3.8) is 0 Å². The van der Waals surface area contributed by atoms with Crippen molar-refractivity contribution in [3.8, 4) is 11.4 Å². The second-order valence-electron chi connectivity index (χ2n) is 6.61. The number of anilines is 2. The van der Waals surface area contributed by atoms with Crippen LogP contribution in [-0.4, -0.2) is 42.1 Å². The van der Waals surface area contributed by atoms with E-state index in [-0.39, 0.29) is 5.91 Å². The summed E-state index contributed by atoms with van der Waals surface area (Å²) in [5.41, 5.74) is 1.01. The largest absolute Gasteiger partial charge is 0.368 e. The van der Waals surface area contributed by atoms with Crippen LogP contribution in [-0.2, 0) is 4.79 Å². The molecule has 0 saturated carbocycles. The Morgan fingerprint density at radius 2 is 1.77 bits per heavy atom. The third-order valence-corrected chi connectivity index (χ3v) is 4.48. The molecule has 1 fully saturated rings. The molecule has 2 heterocycles. The Bertz CT molecular complexity index is 711. The highest BCUT2D eigenvalue weighted by molar-refractivity contribution is 5.72. The maximum absolute atomic E-state index is 11.0. The molecule has 1 amide bonds. The van der Waals surface area contributed by atoms with Gasteiger partial charge in [-0.3, -0.25) is 4.79 Å². The molecular weight excluding hydrogens is 326 g/mol. The van der Waals surface area contributed by atoms with Crippen LogP contribution in [0.1, 0.15) is 32.6 Å². The lowest BCUT2D eigenvalue weighted by atomic mass is 10.2. The van der Waals surface area contributed by atoms with Crippen LogP contribution in [0.25, 0.3) is 11.4 Å². The van der Waals surface area contributed by atoms with Crippen molar-refractivity contribution >= 4 is 17.5 Å². The van der Waals surface area contributed by atoms with Crippen molar-refractivity contribution in [1.29, 1.82) is 0 Å². The number of nitrogens with zero attached hydrogens (tertiary/aromatic N) is 3. The van der Waals surface area contributed by atoms with Crippen LogP contribution < -0.4 is 15.5 Å². The van der Waals surface area contributed by atoms with E-state index in [0.29, 0.717) is 13.1 Å². The van der Waals surface area contributed by atoms with E-state index in [4.69, 9.17) is 4.98 Å². The highest BCUT2D eigenvalue weighted by Gasteiger charge is 2.14. The molecule has 138 valence electrons. The standard InChI is InChI=1S/C20H27N5O/c1-16(26)21-11-12-22-18-15-19(25-13-7-2-3-8-14-25)24-20(23-18)17-9-5-4-6-10-17/h4-6,9-10,15H,2-3,7-8,11-14H2,1H3,(H,21,26)(H,22,23,24). The monoisotopic (exact) mass is 353 g/mol. The minimum atomic E-state index is -0.0234. The number of carbonyl (C=O) groups excluding carboxylic acids is 1. The first kappa shape index (κ1) is 18.2. The van der Waals surface area contributed by atoms with E-state index in [1.54, 1.807) is 0 Å². The lowest BCUT2D eigenvalue weighted by Gasteiger charge is -2.22. The predicted octanol–water partition coefficient (Wildman–Crippen LogP) is 3.07. The van der Waals surface area contributed by atoms with Gasteiger partial charge in [0.25, 0.3) is 0 Å². The summed E-state index contributed by atoms with van der Waals surface area (Å²) in [4.78, 5) is 22.9. The second-order valence-corrected chi connectivity index (χ2v) is 6.61. The molecule has 0 radical (unpaired) electrons. The number of nitrogens with one attached hydrogen (secondary N) is 2. The molecule has 1 aliphatic rings. The lowest BCUT2D eigenvalue weighted by Crippen LogP contribution is -2.27. The fraction of sp³-hybridized carbons (Fsp3) is 0.450. The second kappa shape index (κ2) is 9.17. The minimum absolute atomic E-state index is 0.0234. The molecule has 26 heavy (non-hydrogen) atoms. The number of carbonyl (C=O) groups is 1. The SMILES string of the molecule is CC(=O)NCCNc1cc(N2CCCCCC2)nc(-c2ccccc2)n1. The van der Waals surface area contributed by atoms with Crippen molar-refractivity contribution in [3.05, 3.63) is 36.4 Å². The summed E-state index contributed by atoms with van der Waals surface area (Å²) in [6, 6.07) is 12.1. The number of amides is 1. The van der Waals surface area contributed by atoms with E-state index < -0.39 is 0 Å². The lowest BCUT2D eigenvalue weighted by molar-refractivity contribution is -0.118. The van der Waals surface area contributed by atoms with Crippen molar-refractivity contribution in [2.24, 2.45) is 0 Å². The summed E-state index contributed by atoms with van der Waals surface area (Å²) < 4.78 is 0. The first-order valence-electron chi connectivity index (χ1n) is 9.40. The average molecular weight is 353 g/mol. The van der Waals surface area contributed by atoms with Crippen LogP contribution in [0, 0.1) is 0 Å². The Balaban J connectivity index is 1.82. The molecule has 1 saturated heterocycles. The van der Waals surface area contributed by atoms with Crippen LogP contribution in [0.2, 0.25) is 0 Å². The molecule has 2 aromatic rings. The molecule has 1 aromatic carbocycles. The molecule has 0 bridgehead atoms. The molecule has 1 aromatic heterocycles. The summed E-state index contributed by atoms with van der Waals surface area (Å²) >= 11 is 0. The van der Waals surface area contributed by atoms with Crippen LogP contribution in [0.3, 0.4) is 0 Å². The van der Waals surface area contributed by atoms with E-state index in [2.05, 4.69) is 20.5 Å². The summed E-state index contributed by atoms with van der Waals surface area (Å²) in [6.45, 7) is 4.80. The van der Waals surface area contributed by atoms with Gasteiger partial charge in [-0.2, -0.15) is 0 Å². The first-order chi connectivity index (χ1) is 12.7. The van der Waals surface area contributed by atoms with E-state index >= 15 is 0 Å². The number of hydrogen-bond donors (Lipinski definition) is 2. The highest BCUT2D eigenvalue weighted by Crippen LogP contribution is 2.24. The van der Waals surface area contributed by atoms with Gasteiger partial charge in [0.2, 0.25) is 5.91 Å². The molecule has 0 spiro atoms. The Morgan fingerprint density at radius 1 is 1.04 bits per heavy atom. The molecule has 0 atom stereocenters. The zero-order valence-corrected chi connectivity index (χ0v) is 15.4. The van der Waals surface area contributed by atoms with E-state index in [9.17, 15) is 4.79 Å². The van der Waals surface area contributed by atoms with Crippen molar-refractivity contribution in [2.45, 2.75) is 32.6 Å². The molecule has 6 heteroatoms. The molecule has 0 unspecified atom stereocenters. The Kier molecular flexibility index (Phi) is 6.41. The predicted molar refractivity (Wildman–Crippen MR) is 105 cm³/mol. The summed E-state index contributed by atoms with van der Waals surface area (Å²) in [5.74, 6) is 2.48. The van der Waals surface area contributed by atoms with E-state index in [1.165, 1.54) is 32.6 Å². The summed E-state index contributed by atoms with van der Waals surface area (Å²) in [5, 5.41) is 6.11. The Labute approximate surface area is 155 Å². The van der Waals surface area contributed by atoms with Gasteiger partial charge in [0.05, 0.1) is 0 Å². The topological polar surface area (TPSA) is 70.2 Å². The third-order valence-electron chi connectivity index (χ3n) is 4.48. The molecule has 0 aliphatic carbocycles. The van der Waals surface area contributed by atoms with Crippen LogP contribution >= 0.6 is 0 Å². The van der Waals surface area contributed by atoms with E-state index in [0.717, 1.165) is 36.1 Å². The fourth-order valence-corrected chi connectivity index (χ4v) is 3.13. The fourth-order valence-electron chi connectivity index (χ4n) is 3.13. The van der Waals surface area contributed by atoms with E-state index in [1.807, 2.05) is 36.4 Å². The zero-order chi connectivity index (χ0) is 18.2. The highest BCUT2D eigenvalue weighted by atomic mass is 16.1. The number of rotatable bonds is 6. The van der Waals surface area contributed by atoms with Crippen molar-refractivity contribution in [1.82, 2.24) is 15.3 Å². The molecular formula is C20H27N5O. The zero-order valence-electron chi connectivity index (χ0n) is 15.4.